The van der Waals surface area contributed by atoms with Gasteiger partial charge in [0.05, 0.1) is 5.56 Å². The number of ether oxygens (including phenoxy) is 1. The summed E-state index contributed by atoms with van der Waals surface area (Å²) in [5, 5.41) is 10.5. The first-order chi connectivity index (χ1) is 16.1. The summed E-state index contributed by atoms with van der Waals surface area (Å²) < 4.78 is 8.70. The molecule has 0 amide bonds. The molecule has 0 radical (unpaired) electrons. The summed E-state index contributed by atoms with van der Waals surface area (Å²) in [5.41, 5.74) is 5.27. The van der Waals surface area contributed by atoms with Crippen LogP contribution < -0.4 is 9.30 Å². The van der Waals surface area contributed by atoms with Gasteiger partial charge in [0.25, 0.3) is 6.73 Å². The zero-order valence-electron chi connectivity index (χ0n) is 18.6. The van der Waals surface area contributed by atoms with Gasteiger partial charge in [0.2, 0.25) is 5.69 Å². The fourth-order valence-corrected chi connectivity index (χ4v) is 6.54. The Bertz CT molecular complexity index is 1710. The molecule has 0 fully saturated rings. The molecule has 2 heterocycles. The Morgan fingerprint density at radius 1 is 0.697 bits per heavy atom. The van der Waals surface area contributed by atoms with E-state index in [0.717, 1.165) is 5.75 Å². The lowest BCUT2D eigenvalue weighted by Crippen LogP contribution is -2.41. The molecule has 5 aromatic carbocycles. The lowest BCUT2D eigenvalue weighted by atomic mass is 9.77. The maximum Gasteiger partial charge on any atom is 0.292 e. The first kappa shape index (κ1) is 17.6. The van der Waals surface area contributed by atoms with Crippen LogP contribution in [0.5, 0.6) is 5.75 Å². The summed E-state index contributed by atoms with van der Waals surface area (Å²) in [4.78, 5) is 0. The fourth-order valence-electron chi connectivity index (χ4n) is 6.54. The molecule has 0 saturated carbocycles. The summed E-state index contributed by atoms with van der Waals surface area (Å²) >= 11 is 0. The van der Waals surface area contributed by atoms with Crippen molar-refractivity contribution in [2.45, 2.75) is 26.0 Å². The van der Waals surface area contributed by atoms with Crippen molar-refractivity contribution in [1.82, 2.24) is 0 Å². The molecule has 0 spiro atoms. The first-order valence-electron chi connectivity index (χ1n) is 11.6. The van der Waals surface area contributed by atoms with Gasteiger partial charge in [-0.15, -0.1) is 0 Å². The molecule has 2 nitrogen and oxygen atoms in total. The summed E-state index contributed by atoms with van der Waals surface area (Å²) in [6.07, 6.45) is 2.28. The Morgan fingerprint density at radius 2 is 1.30 bits per heavy atom. The summed E-state index contributed by atoms with van der Waals surface area (Å²) in [5.74, 6) is 1.01. The van der Waals surface area contributed by atoms with Crippen LogP contribution in [0.4, 0.5) is 0 Å². The molecular formula is C31H22NO+. The van der Waals surface area contributed by atoms with Crippen LogP contribution >= 0.6 is 0 Å². The van der Waals surface area contributed by atoms with Gasteiger partial charge in [-0.1, -0.05) is 80.6 Å². The van der Waals surface area contributed by atoms with Crippen molar-refractivity contribution in [1.29, 1.82) is 0 Å². The highest BCUT2D eigenvalue weighted by Gasteiger charge is 2.48. The Morgan fingerprint density at radius 3 is 2.03 bits per heavy atom. The van der Waals surface area contributed by atoms with Gasteiger partial charge < -0.3 is 4.74 Å². The average Bonchev–Trinajstić information content (AvgIpc) is 3.10. The highest BCUT2D eigenvalue weighted by Crippen LogP contribution is 2.57. The van der Waals surface area contributed by atoms with Gasteiger partial charge in [0, 0.05) is 21.8 Å². The summed E-state index contributed by atoms with van der Waals surface area (Å²) in [7, 11) is 0. The Labute approximate surface area is 191 Å². The summed E-state index contributed by atoms with van der Waals surface area (Å²) in [6.45, 7) is 5.35. The van der Waals surface area contributed by atoms with E-state index >= 15 is 0 Å². The Hall–Kier alpha value is -3.91. The number of hydrogen-bond donors (Lipinski definition) is 0. The zero-order valence-corrected chi connectivity index (χ0v) is 18.6. The van der Waals surface area contributed by atoms with E-state index in [1.54, 1.807) is 0 Å². The van der Waals surface area contributed by atoms with Crippen molar-refractivity contribution in [2.75, 3.05) is 0 Å². The molecule has 6 aromatic rings. The number of benzene rings is 5. The largest absolute Gasteiger partial charge is 0.435 e. The van der Waals surface area contributed by atoms with Crippen molar-refractivity contribution in [3.63, 3.8) is 0 Å². The second kappa shape index (κ2) is 5.71. The molecular weight excluding hydrogens is 402 g/mol. The van der Waals surface area contributed by atoms with Crippen molar-refractivity contribution < 1.29 is 9.30 Å². The van der Waals surface area contributed by atoms with Gasteiger partial charge in [-0.2, -0.15) is 4.57 Å². The second-order valence-corrected chi connectivity index (χ2v) is 9.98. The third-order valence-electron chi connectivity index (χ3n) is 7.87. The van der Waals surface area contributed by atoms with E-state index in [4.69, 9.17) is 4.74 Å². The molecule has 0 saturated heterocycles. The number of fused-ring (bicyclic) bond motifs is 8. The fraction of sp³-hybridized carbons (Fsp3) is 0.129. The normalized spacial score (nSPS) is 15.3. The van der Waals surface area contributed by atoms with Crippen LogP contribution in [0.1, 0.15) is 25.0 Å². The van der Waals surface area contributed by atoms with E-state index in [9.17, 15) is 0 Å². The van der Waals surface area contributed by atoms with Gasteiger partial charge in [0.1, 0.15) is 5.75 Å². The third kappa shape index (κ3) is 2.03. The quantitative estimate of drug-likeness (QED) is 0.185. The topological polar surface area (TPSA) is 13.1 Å². The van der Waals surface area contributed by atoms with Gasteiger partial charge >= 0.3 is 0 Å². The molecule has 8 rings (SSSR count). The number of pyridine rings is 1. The monoisotopic (exact) mass is 424 g/mol. The van der Waals surface area contributed by atoms with Gasteiger partial charge in [-0.25, -0.2) is 0 Å². The minimum absolute atomic E-state index is 0.165. The third-order valence-corrected chi connectivity index (χ3v) is 7.87. The molecule has 1 aromatic heterocycles. The molecule has 1 aliphatic heterocycles. The zero-order chi connectivity index (χ0) is 21.9. The minimum Gasteiger partial charge on any atom is -0.435 e. The van der Waals surface area contributed by atoms with E-state index in [-0.39, 0.29) is 5.41 Å². The van der Waals surface area contributed by atoms with Crippen molar-refractivity contribution >= 4 is 43.1 Å². The molecule has 1 aliphatic carbocycles. The van der Waals surface area contributed by atoms with E-state index < -0.39 is 0 Å². The van der Waals surface area contributed by atoms with Gasteiger partial charge in [-0.05, 0) is 50.0 Å². The Kier molecular flexibility index (Phi) is 3.05. The van der Waals surface area contributed by atoms with Crippen LogP contribution in [0.25, 0.3) is 54.3 Å². The molecule has 156 valence electrons. The summed E-state index contributed by atoms with van der Waals surface area (Å²) in [6, 6.07) is 28.8. The van der Waals surface area contributed by atoms with E-state index in [1.165, 1.54) is 65.5 Å². The van der Waals surface area contributed by atoms with Crippen LogP contribution in [-0.2, 0) is 12.1 Å². The van der Waals surface area contributed by atoms with Gasteiger partial charge in [0.15, 0.2) is 6.20 Å². The van der Waals surface area contributed by atoms with Gasteiger partial charge in [-0.3, -0.25) is 0 Å². The van der Waals surface area contributed by atoms with Crippen molar-refractivity contribution in [3.8, 4) is 17.0 Å². The SMILES string of the molecule is CC1(C)c2c3c(cc4ccc5ccccc5c24)OC[n+]2cc4ccc5ccccc5c4c1c2-3. The lowest BCUT2D eigenvalue weighted by Gasteiger charge is -2.24. The highest BCUT2D eigenvalue weighted by molar-refractivity contribution is 6.17. The first-order valence-corrected chi connectivity index (χ1v) is 11.6. The number of nitrogens with zero attached hydrogens (tertiary/aromatic N) is 1. The predicted octanol–water partition coefficient (Wildman–Crippen LogP) is 7.24. The second-order valence-electron chi connectivity index (χ2n) is 9.98. The molecule has 0 N–H and O–H groups in total. The molecule has 33 heavy (non-hydrogen) atoms. The van der Waals surface area contributed by atoms with Crippen LogP contribution in [-0.4, -0.2) is 0 Å². The molecule has 2 aliphatic rings. The maximum atomic E-state index is 6.38. The minimum atomic E-state index is -0.165. The van der Waals surface area contributed by atoms with Crippen LogP contribution in [0.3, 0.4) is 0 Å². The average molecular weight is 425 g/mol. The van der Waals surface area contributed by atoms with E-state index in [0.29, 0.717) is 6.73 Å². The number of hydrogen-bond acceptors (Lipinski definition) is 1. The molecule has 0 unspecified atom stereocenters. The number of aromatic nitrogens is 1. The molecule has 0 atom stereocenters. The van der Waals surface area contributed by atoms with Crippen LogP contribution in [0.2, 0.25) is 0 Å². The number of rotatable bonds is 0. The van der Waals surface area contributed by atoms with Crippen LogP contribution in [0.15, 0.2) is 85.1 Å². The van der Waals surface area contributed by atoms with E-state index in [2.05, 4.69) is 103 Å². The predicted molar refractivity (Wildman–Crippen MR) is 135 cm³/mol. The maximum absolute atomic E-state index is 6.38. The van der Waals surface area contributed by atoms with E-state index in [1.807, 2.05) is 0 Å². The standard InChI is InChI=1S/C31H22NO/c1-31(2)28-25-20(13-11-18-7-3-5-9-22(18)25)15-24-27(28)30-29(31)26-21(16-32(30)17-33-24)14-12-19-8-4-6-10-23(19)26/h3-16H,17H2,1-2H3/q+1. The highest BCUT2D eigenvalue weighted by atomic mass is 16.5. The van der Waals surface area contributed by atoms with Crippen molar-refractivity contribution in [2.24, 2.45) is 0 Å². The smallest absolute Gasteiger partial charge is 0.292 e. The van der Waals surface area contributed by atoms with Crippen LogP contribution in [0, 0.1) is 0 Å². The Balaban J connectivity index is 1.65. The lowest BCUT2D eigenvalue weighted by molar-refractivity contribution is -0.716. The molecule has 2 heteroatoms. The molecule has 0 bridgehead atoms. The van der Waals surface area contributed by atoms with Crippen molar-refractivity contribution in [3.05, 3.63) is 96.2 Å².